The van der Waals surface area contributed by atoms with Gasteiger partial charge in [0.2, 0.25) is 0 Å². The standard InChI is InChI=1S/C21H24ClN3O2/c1-14-8-9-16(22)13-18(14)25-21(27)19-12-15(10-11-23-19)20(26)24-17-6-4-2-3-5-7-17/h8-13,17H,2-7H2,1H3,(H,24,26)(H,25,27). The van der Waals surface area contributed by atoms with Gasteiger partial charge < -0.3 is 10.6 Å². The highest BCUT2D eigenvalue weighted by Gasteiger charge is 2.17. The second kappa shape index (κ2) is 9.00. The lowest BCUT2D eigenvalue weighted by Gasteiger charge is -2.16. The molecule has 0 saturated heterocycles. The first-order chi connectivity index (χ1) is 13.0. The van der Waals surface area contributed by atoms with Crippen molar-refractivity contribution in [3.63, 3.8) is 0 Å². The van der Waals surface area contributed by atoms with Crippen LogP contribution in [-0.2, 0) is 0 Å². The van der Waals surface area contributed by atoms with E-state index in [9.17, 15) is 9.59 Å². The van der Waals surface area contributed by atoms with Gasteiger partial charge in [0.25, 0.3) is 11.8 Å². The van der Waals surface area contributed by atoms with Crippen molar-refractivity contribution in [2.45, 2.75) is 51.5 Å². The number of carbonyl (C=O) groups is 2. The Morgan fingerprint density at radius 3 is 2.52 bits per heavy atom. The fraction of sp³-hybridized carbons (Fsp3) is 0.381. The number of aromatic nitrogens is 1. The highest BCUT2D eigenvalue weighted by atomic mass is 35.5. The van der Waals surface area contributed by atoms with Crippen LogP contribution in [0, 0.1) is 6.92 Å². The van der Waals surface area contributed by atoms with E-state index in [2.05, 4.69) is 15.6 Å². The summed E-state index contributed by atoms with van der Waals surface area (Å²) in [6.45, 7) is 1.88. The third-order valence-corrected chi connectivity index (χ3v) is 5.13. The summed E-state index contributed by atoms with van der Waals surface area (Å²) in [5.74, 6) is -0.526. The molecule has 0 unspecified atom stereocenters. The van der Waals surface area contributed by atoms with Gasteiger partial charge in [-0.2, -0.15) is 0 Å². The van der Waals surface area contributed by atoms with E-state index in [1.54, 1.807) is 18.2 Å². The summed E-state index contributed by atoms with van der Waals surface area (Å²) in [6, 6.07) is 8.66. The summed E-state index contributed by atoms with van der Waals surface area (Å²) in [5.41, 5.74) is 2.17. The van der Waals surface area contributed by atoms with Gasteiger partial charge in [0.15, 0.2) is 0 Å². The molecule has 2 amide bonds. The molecule has 3 rings (SSSR count). The first kappa shape index (κ1) is 19.4. The molecule has 1 aliphatic carbocycles. The summed E-state index contributed by atoms with van der Waals surface area (Å²) < 4.78 is 0. The van der Waals surface area contributed by atoms with Crippen molar-refractivity contribution in [2.75, 3.05) is 5.32 Å². The van der Waals surface area contributed by atoms with E-state index in [1.165, 1.54) is 25.1 Å². The smallest absolute Gasteiger partial charge is 0.274 e. The molecule has 0 bridgehead atoms. The summed E-state index contributed by atoms with van der Waals surface area (Å²) in [7, 11) is 0. The lowest BCUT2D eigenvalue weighted by atomic mass is 10.1. The Balaban J connectivity index is 1.69. The molecule has 27 heavy (non-hydrogen) atoms. The monoisotopic (exact) mass is 385 g/mol. The Kier molecular flexibility index (Phi) is 6.45. The van der Waals surface area contributed by atoms with E-state index in [0.717, 1.165) is 31.2 Å². The number of anilines is 1. The molecule has 1 aromatic heterocycles. The molecule has 0 aliphatic heterocycles. The van der Waals surface area contributed by atoms with E-state index < -0.39 is 0 Å². The molecule has 5 nitrogen and oxygen atoms in total. The Morgan fingerprint density at radius 1 is 1.04 bits per heavy atom. The maximum absolute atomic E-state index is 12.6. The first-order valence-corrected chi connectivity index (χ1v) is 9.75. The molecule has 2 N–H and O–H groups in total. The van der Waals surface area contributed by atoms with E-state index in [0.29, 0.717) is 16.3 Å². The molecule has 1 aliphatic rings. The van der Waals surface area contributed by atoms with Crippen LogP contribution in [0.5, 0.6) is 0 Å². The van der Waals surface area contributed by atoms with Crippen molar-refractivity contribution in [3.8, 4) is 0 Å². The molecule has 142 valence electrons. The number of nitrogens with zero attached hydrogens (tertiary/aromatic N) is 1. The van der Waals surface area contributed by atoms with Gasteiger partial charge >= 0.3 is 0 Å². The minimum Gasteiger partial charge on any atom is -0.349 e. The highest BCUT2D eigenvalue weighted by molar-refractivity contribution is 6.31. The number of amides is 2. The Morgan fingerprint density at radius 2 is 1.78 bits per heavy atom. The zero-order chi connectivity index (χ0) is 19.2. The average Bonchev–Trinajstić information content (AvgIpc) is 2.93. The predicted octanol–water partition coefficient (Wildman–Crippen LogP) is 4.75. The number of hydrogen-bond donors (Lipinski definition) is 2. The van der Waals surface area contributed by atoms with Crippen molar-refractivity contribution in [1.82, 2.24) is 10.3 Å². The fourth-order valence-electron chi connectivity index (χ4n) is 3.30. The summed E-state index contributed by atoms with van der Waals surface area (Å²) in [6.07, 6.45) is 8.27. The number of rotatable bonds is 4. The van der Waals surface area contributed by atoms with Crippen LogP contribution in [0.2, 0.25) is 5.02 Å². The fourth-order valence-corrected chi connectivity index (χ4v) is 3.48. The molecule has 0 radical (unpaired) electrons. The highest BCUT2D eigenvalue weighted by Crippen LogP contribution is 2.21. The molecular weight excluding hydrogens is 362 g/mol. The summed E-state index contributed by atoms with van der Waals surface area (Å²) >= 11 is 6.00. The SMILES string of the molecule is Cc1ccc(Cl)cc1NC(=O)c1cc(C(=O)NC2CCCCCC2)ccn1. The van der Waals surface area contributed by atoms with E-state index >= 15 is 0 Å². The third-order valence-electron chi connectivity index (χ3n) is 4.89. The Hall–Kier alpha value is -2.40. The van der Waals surface area contributed by atoms with Crippen LogP contribution in [-0.4, -0.2) is 22.8 Å². The molecule has 1 heterocycles. The largest absolute Gasteiger partial charge is 0.349 e. The number of halogens is 1. The minimum atomic E-state index is -0.371. The van der Waals surface area contributed by atoms with Crippen molar-refractivity contribution < 1.29 is 9.59 Å². The van der Waals surface area contributed by atoms with E-state index in [4.69, 9.17) is 11.6 Å². The van der Waals surface area contributed by atoms with Crippen molar-refractivity contribution >= 4 is 29.1 Å². The number of hydrogen-bond acceptors (Lipinski definition) is 3. The predicted molar refractivity (Wildman–Crippen MR) is 107 cm³/mol. The molecule has 1 aromatic carbocycles. The lowest BCUT2D eigenvalue weighted by Crippen LogP contribution is -2.34. The van der Waals surface area contributed by atoms with Gasteiger partial charge in [-0.15, -0.1) is 0 Å². The van der Waals surface area contributed by atoms with Crippen LogP contribution in [0.3, 0.4) is 0 Å². The molecule has 1 saturated carbocycles. The molecule has 0 spiro atoms. The number of pyridine rings is 1. The van der Waals surface area contributed by atoms with Gasteiger partial charge in [0, 0.05) is 28.5 Å². The first-order valence-electron chi connectivity index (χ1n) is 9.37. The van der Waals surface area contributed by atoms with Gasteiger partial charge in [-0.3, -0.25) is 14.6 Å². The molecule has 2 aromatic rings. The lowest BCUT2D eigenvalue weighted by molar-refractivity contribution is 0.0933. The molecule has 1 fully saturated rings. The molecular formula is C21H24ClN3O2. The number of aryl methyl sites for hydroxylation is 1. The zero-order valence-corrected chi connectivity index (χ0v) is 16.2. The van der Waals surface area contributed by atoms with Crippen molar-refractivity contribution in [2.24, 2.45) is 0 Å². The van der Waals surface area contributed by atoms with Gasteiger partial charge in [-0.1, -0.05) is 43.4 Å². The molecule has 0 atom stereocenters. The van der Waals surface area contributed by atoms with Crippen LogP contribution < -0.4 is 10.6 Å². The summed E-state index contributed by atoms with van der Waals surface area (Å²) in [5, 5.41) is 6.44. The van der Waals surface area contributed by atoms with Crippen molar-refractivity contribution in [3.05, 3.63) is 58.4 Å². The molecule has 6 heteroatoms. The second-order valence-corrected chi connectivity index (χ2v) is 7.44. The van der Waals surface area contributed by atoms with Crippen LogP contribution in [0.4, 0.5) is 5.69 Å². The topological polar surface area (TPSA) is 71.1 Å². The Labute approximate surface area is 164 Å². The average molecular weight is 386 g/mol. The van der Waals surface area contributed by atoms with E-state index in [1.807, 2.05) is 13.0 Å². The van der Waals surface area contributed by atoms with Crippen LogP contribution >= 0.6 is 11.6 Å². The number of carbonyl (C=O) groups excluding carboxylic acids is 2. The minimum absolute atomic E-state index is 0.155. The number of benzene rings is 1. The van der Waals surface area contributed by atoms with E-state index in [-0.39, 0.29) is 23.6 Å². The van der Waals surface area contributed by atoms with Crippen molar-refractivity contribution in [1.29, 1.82) is 0 Å². The maximum Gasteiger partial charge on any atom is 0.274 e. The quantitative estimate of drug-likeness (QED) is 0.746. The zero-order valence-electron chi connectivity index (χ0n) is 15.4. The third kappa shape index (κ3) is 5.30. The van der Waals surface area contributed by atoms with Gasteiger partial charge in [0.05, 0.1) is 0 Å². The van der Waals surface area contributed by atoms with Gasteiger partial charge in [0.1, 0.15) is 5.69 Å². The maximum atomic E-state index is 12.6. The van der Waals surface area contributed by atoms with Gasteiger partial charge in [-0.05, 0) is 49.6 Å². The van der Waals surface area contributed by atoms with Crippen LogP contribution in [0.1, 0.15) is 64.9 Å². The van der Waals surface area contributed by atoms with Crippen LogP contribution in [0.15, 0.2) is 36.5 Å². The van der Waals surface area contributed by atoms with Gasteiger partial charge in [-0.25, -0.2) is 0 Å². The Bertz CT molecular complexity index is 830. The van der Waals surface area contributed by atoms with Crippen LogP contribution in [0.25, 0.3) is 0 Å². The summed E-state index contributed by atoms with van der Waals surface area (Å²) in [4.78, 5) is 29.2. The number of nitrogens with one attached hydrogen (secondary N) is 2. The second-order valence-electron chi connectivity index (χ2n) is 7.01. The normalized spacial score (nSPS) is 15.0.